The smallest absolute Gasteiger partial charge is 0.462 e. The molecule has 2 saturated heterocycles. The van der Waals surface area contributed by atoms with Gasteiger partial charge in [-0.3, -0.25) is 37.8 Å². The molecular formula is C113H214N2O25P2. The van der Waals surface area contributed by atoms with Gasteiger partial charge >= 0.3 is 39.5 Å². The molecule has 0 radical (unpaired) electrons. The van der Waals surface area contributed by atoms with Crippen LogP contribution in [0.15, 0.2) is 12.2 Å². The fraction of sp³-hybridized carbons (Fsp3) is 0.929. The standard InChI is InChI=1S/C113H214N2O25P2/c1-8-15-22-29-36-43-46-48-50-52-59-66-73-80-87-131-95(82-75-68-61-54-40-33-26-19-12-5)89-100(118)115-107-111(138-105(123)91-97(84-77-70-63-56-42-35-28-21-14-7)134-103(121)86-79-72-64-57-45-38-31-24-17-10-3)109(139-141(125,126)127)98(92-116)135-112(107)132-93-99-108(124)110(137-104(122)88-94(117)81-74-67-60-53-39-32-25-18-11-4)106(113(136-99)140-142(128,129)130)114-101(119)90-96(83-76-69-62-55-41-34-27-20-13-6)133-102(120)85-78-71-65-58-51-49-47-44-37-30-23-16-9-2/h43,46,94-99,106-113,116-117,124H,8-42,44-45,47-93H2,1-7H3,(H,114,119)(H,115,118)(H2,125,126,127)(H2,128,129,130)/b46-43-/t94?,95?,96?,97?,98?,99?,106?,107?,108-,109-,110-,111-,112-,113?/m1/s1. The van der Waals surface area contributed by atoms with Crippen LogP contribution in [0.1, 0.15) is 569 Å². The number of esters is 4. The average molecular weight is 2060 g/mol. The van der Waals surface area contributed by atoms with Gasteiger partial charge in [0.1, 0.15) is 48.7 Å². The predicted molar refractivity (Wildman–Crippen MR) is 568 cm³/mol. The van der Waals surface area contributed by atoms with Crippen LogP contribution in [0.25, 0.3) is 0 Å². The fourth-order valence-corrected chi connectivity index (χ4v) is 20.5. The quantitative estimate of drug-likeness (QED) is 0.00898. The van der Waals surface area contributed by atoms with Crippen LogP contribution >= 0.6 is 15.6 Å². The normalized spacial score (nSPS) is 19.3. The zero-order chi connectivity index (χ0) is 104. The van der Waals surface area contributed by atoms with Crippen molar-refractivity contribution in [3.8, 4) is 0 Å². The first-order valence-electron chi connectivity index (χ1n) is 58.9. The van der Waals surface area contributed by atoms with Gasteiger partial charge in [0.15, 0.2) is 24.8 Å². The first-order chi connectivity index (χ1) is 68.8. The number of rotatable bonds is 102. The third-order valence-corrected chi connectivity index (χ3v) is 29.1. The van der Waals surface area contributed by atoms with E-state index in [-0.39, 0.29) is 38.5 Å². The van der Waals surface area contributed by atoms with Crippen molar-refractivity contribution in [3.05, 3.63) is 12.2 Å². The summed E-state index contributed by atoms with van der Waals surface area (Å²) in [6.07, 6.45) is 57.8. The van der Waals surface area contributed by atoms with E-state index < -0.39 is 170 Å². The molecule has 0 bridgehead atoms. The van der Waals surface area contributed by atoms with Gasteiger partial charge < -0.3 is 83.4 Å². The maximum atomic E-state index is 15.4. The van der Waals surface area contributed by atoms with Gasteiger partial charge in [0.05, 0.1) is 51.1 Å². The predicted octanol–water partition coefficient (Wildman–Crippen LogP) is 28.0. The van der Waals surface area contributed by atoms with Crippen LogP contribution in [-0.2, 0) is 84.8 Å². The van der Waals surface area contributed by atoms with Crippen LogP contribution in [0, 0.1) is 0 Å². The van der Waals surface area contributed by atoms with Gasteiger partial charge in [-0.1, -0.05) is 459 Å². The number of nitrogens with one attached hydrogen (secondary N) is 2. The second-order valence-electron chi connectivity index (χ2n) is 41.7. The van der Waals surface area contributed by atoms with Crippen LogP contribution in [0.5, 0.6) is 0 Å². The van der Waals surface area contributed by atoms with Gasteiger partial charge in [0, 0.05) is 19.4 Å². The van der Waals surface area contributed by atoms with E-state index in [4.69, 9.17) is 46.9 Å². The third kappa shape index (κ3) is 76.1. The molecule has 0 aliphatic carbocycles. The number of unbranched alkanes of at least 4 members (excludes halogenated alkanes) is 63. The molecule has 0 aromatic carbocycles. The second-order valence-corrected chi connectivity index (χ2v) is 44.0. The number of aliphatic hydroxyl groups is 3. The van der Waals surface area contributed by atoms with Crippen molar-refractivity contribution in [2.24, 2.45) is 0 Å². The maximum absolute atomic E-state index is 15.4. The number of ether oxygens (including phenoxy) is 8. The number of aliphatic hydroxyl groups excluding tert-OH is 3. The molecule has 9 N–H and O–H groups in total. The molecule has 29 heteroatoms. The molecule has 9 unspecified atom stereocenters. The Morgan fingerprint density at radius 3 is 0.993 bits per heavy atom. The van der Waals surface area contributed by atoms with E-state index in [0.29, 0.717) is 51.6 Å². The Bertz CT molecular complexity index is 3110. The Kier molecular flexibility index (Phi) is 87.6. The van der Waals surface area contributed by atoms with E-state index in [2.05, 4.69) is 71.3 Å². The van der Waals surface area contributed by atoms with Crippen LogP contribution in [0.3, 0.4) is 0 Å². The minimum atomic E-state index is -5.73. The molecule has 2 rings (SSSR count). The topological polar surface area (TPSA) is 395 Å². The number of phosphoric acid groups is 2. The lowest BCUT2D eigenvalue weighted by atomic mass is 9.95. The highest BCUT2D eigenvalue weighted by Gasteiger charge is 2.55. The highest BCUT2D eigenvalue weighted by Crippen LogP contribution is 2.45. The molecule has 2 heterocycles. The molecule has 0 saturated carbocycles. The minimum Gasteiger partial charge on any atom is -0.462 e. The summed E-state index contributed by atoms with van der Waals surface area (Å²) in [5, 5.41) is 41.3. The largest absolute Gasteiger partial charge is 0.472 e. The van der Waals surface area contributed by atoms with E-state index in [1.165, 1.54) is 128 Å². The van der Waals surface area contributed by atoms with Crippen molar-refractivity contribution in [2.45, 2.75) is 654 Å². The molecule has 836 valence electrons. The molecule has 0 aromatic rings. The van der Waals surface area contributed by atoms with Gasteiger partial charge in [-0.2, -0.15) is 0 Å². The summed E-state index contributed by atoms with van der Waals surface area (Å²) in [4.78, 5) is 131. The second kappa shape index (κ2) is 92.4. The fourth-order valence-electron chi connectivity index (χ4n) is 19.5. The lowest BCUT2D eigenvalue weighted by Gasteiger charge is -2.47. The van der Waals surface area contributed by atoms with Gasteiger partial charge in [0.2, 0.25) is 11.8 Å². The van der Waals surface area contributed by atoms with Crippen LogP contribution in [0.4, 0.5) is 0 Å². The number of allylic oxidation sites excluding steroid dienone is 2. The lowest BCUT2D eigenvalue weighted by Crippen LogP contribution is -2.68. The number of carbonyl (C=O) groups is 6. The molecule has 142 heavy (non-hydrogen) atoms. The molecule has 2 aliphatic heterocycles. The van der Waals surface area contributed by atoms with E-state index in [1.807, 2.05) is 0 Å². The number of hydrogen-bond donors (Lipinski definition) is 9. The first kappa shape index (κ1) is 135. The molecular weight excluding hydrogens is 1850 g/mol. The van der Waals surface area contributed by atoms with Gasteiger partial charge in [-0.25, -0.2) is 9.13 Å². The monoisotopic (exact) mass is 2060 g/mol. The SMILES string of the molecule is CCCCCC/C=C\CCCCCCCCOC(CCCCCCCCCCC)CC(=O)NC1[C@H](OCC2OC(OP(=O)(O)O)C(NC(=O)CC(CCCCCCCCCCC)OC(=O)CCCCCCCCCCCCCCC)[C@@H](OC(=O)CC(O)CCCCCCCCCCC)[C@@H]2O)OC(CO)[C@@H](OP(=O)(O)O)[C@@H]1OC(=O)CC(CCCCCCCCCCC)OC(=O)CCCCCCCCCCCC. The van der Waals surface area contributed by atoms with Crippen molar-refractivity contribution in [1.29, 1.82) is 0 Å². The van der Waals surface area contributed by atoms with Crippen LogP contribution in [-0.4, -0.2) is 176 Å². The van der Waals surface area contributed by atoms with Crippen LogP contribution in [0.2, 0.25) is 0 Å². The summed E-state index contributed by atoms with van der Waals surface area (Å²) in [5.41, 5.74) is 0. The summed E-state index contributed by atoms with van der Waals surface area (Å²) in [6.45, 7) is 13.6. The van der Waals surface area contributed by atoms with Crippen molar-refractivity contribution >= 4 is 51.3 Å². The summed E-state index contributed by atoms with van der Waals surface area (Å²) in [7, 11) is -11.4. The van der Waals surface area contributed by atoms with Gasteiger partial charge in [-0.15, -0.1) is 0 Å². The third-order valence-electron chi connectivity index (χ3n) is 28.1. The molecule has 2 amide bonds. The summed E-state index contributed by atoms with van der Waals surface area (Å²) in [5.74, 6) is -4.74. The van der Waals surface area contributed by atoms with E-state index in [0.717, 1.165) is 289 Å². The van der Waals surface area contributed by atoms with Crippen LogP contribution < -0.4 is 10.6 Å². The Labute approximate surface area is 863 Å². The van der Waals surface area contributed by atoms with Gasteiger partial charge in [0.25, 0.3) is 0 Å². The molecule has 2 fully saturated rings. The molecule has 0 spiro atoms. The molecule has 2 aliphatic rings. The molecule has 27 nitrogen and oxygen atoms in total. The Morgan fingerprint density at radius 1 is 0.324 bits per heavy atom. The number of carbonyl (C=O) groups excluding carboxylic acids is 6. The first-order valence-corrected chi connectivity index (χ1v) is 61.9. The Morgan fingerprint density at radius 2 is 0.620 bits per heavy atom. The zero-order valence-corrected chi connectivity index (χ0v) is 92.8. The van der Waals surface area contributed by atoms with Crippen molar-refractivity contribution in [2.75, 3.05) is 19.8 Å². The Hall–Kier alpha value is -3.50. The number of phosphoric ester groups is 2. The van der Waals surface area contributed by atoms with Gasteiger partial charge in [-0.05, 0) is 83.5 Å². The molecule has 0 aromatic heterocycles. The Balaban J connectivity index is 2.91. The van der Waals surface area contributed by atoms with Crippen molar-refractivity contribution < 1.29 is 120 Å². The molecule has 14 atom stereocenters. The highest BCUT2D eigenvalue weighted by atomic mass is 31.2. The van der Waals surface area contributed by atoms with E-state index in [9.17, 15) is 63.2 Å². The summed E-state index contributed by atoms with van der Waals surface area (Å²) in [6, 6.07) is -3.81. The van der Waals surface area contributed by atoms with E-state index in [1.54, 1.807) is 0 Å². The average Bonchev–Trinajstić information content (AvgIpc) is 0.775. The zero-order valence-electron chi connectivity index (χ0n) is 91.0. The summed E-state index contributed by atoms with van der Waals surface area (Å²) < 4.78 is 88.4. The number of hydrogen-bond acceptors (Lipinski definition) is 21. The minimum absolute atomic E-state index is 0.0927. The van der Waals surface area contributed by atoms with Crippen molar-refractivity contribution in [1.82, 2.24) is 10.6 Å². The summed E-state index contributed by atoms with van der Waals surface area (Å²) >= 11 is 0. The highest BCUT2D eigenvalue weighted by molar-refractivity contribution is 7.46. The van der Waals surface area contributed by atoms with E-state index >= 15 is 9.59 Å². The number of amides is 2. The maximum Gasteiger partial charge on any atom is 0.472 e. The lowest BCUT2D eigenvalue weighted by molar-refractivity contribution is -0.297. The van der Waals surface area contributed by atoms with Crippen molar-refractivity contribution in [3.63, 3.8) is 0 Å².